The normalized spacial score (nSPS) is 11.1. The minimum Gasteiger partial charge on any atom is -0.320 e. The fourth-order valence-electron chi connectivity index (χ4n) is 2.28. The highest BCUT2D eigenvalue weighted by Crippen LogP contribution is 2.12. The number of unbranched alkanes of at least 4 members (excludes halogenated alkanes) is 4. The Labute approximate surface area is 177 Å². The van der Waals surface area contributed by atoms with E-state index in [1.54, 1.807) is 0 Å². The summed E-state index contributed by atoms with van der Waals surface area (Å²) in [5, 5.41) is 3.13. The third-order valence-electron chi connectivity index (χ3n) is 4.37. The van der Waals surface area contributed by atoms with Gasteiger partial charge in [0.2, 0.25) is 0 Å². The highest BCUT2D eigenvalue weighted by molar-refractivity contribution is 4.51. The molecule has 0 fully saturated rings. The van der Waals surface area contributed by atoms with Gasteiger partial charge >= 0.3 is 0 Å². The lowest BCUT2D eigenvalue weighted by atomic mass is 10.00. The van der Waals surface area contributed by atoms with Gasteiger partial charge in [0.25, 0.3) is 0 Å². The van der Waals surface area contributed by atoms with Gasteiger partial charge in [0.1, 0.15) is 0 Å². The molecule has 0 rings (SSSR count). The summed E-state index contributed by atoms with van der Waals surface area (Å²) in [6.45, 7) is 25.0. The number of nitrogens with one attached hydrogen (secondary N) is 1. The number of rotatable bonds is 12. The summed E-state index contributed by atoms with van der Waals surface area (Å²) in [7, 11) is 2.00. The molecule has 0 saturated heterocycles. The molecule has 0 spiro atoms. The first-order chi connectivity index (χ1) is 13.0. The van der Waals surface area contributed by atoms with Crippen LogP contribution in [0.2, 0.25) is 0 Å². The maximum Gasteiger partial charge on any atom is -0.00494 e. The molecule has 0 bridgehead atoms. The number of hydrogen-bond donors (Lipinski definition) is 1. The molecular formula is C26H63N. The Morgan fingerprint density at radius 2 is 1.00 bits per heavy atom. The Morgan fingerprint density at radius 3 is 1.30 bits per heavy atom. The van der Waals surface area contributed by atoms with E-state index in [0.717, 1.165) is 18.4 Å². The van der Waals surface area contributed by atoms with Gasteiger partial charge in [-0.2, -0.15) is 0 Å². The van der Waals surface area contributed by atoms with Crippen molar-refractivity contribution in [2.75, 3.05) is 13.6 Å². The lowest BCUT2D eigenvalue weighted by Crippen LogP contribution is -2.10. The lowest BCUT2D eigenvalue weighted by Gasteiger charge is -2.07. The molecule has 0 aromatic carbocycles. The molecule has 0 aromatic heterocycles. The van der Waals surface area contributed by atoms with Crippen LogP contribution < -0.4 is 5.32 Å². The van der Waals surface area contributed by atoms with Crippen molar-refractivity contribution < 1.29 is 0 Å². The maximum atomic E-state index is 3.13. The molecule has 0 aliphatic carbocycles. The van der Waals surface area contributed by atoms with Crippen molar-refractivity contribution in [2.45, 2.75) is 147 Å². The topological polar surface area (TPSA) is 12.0 Å². The first-order valence-electron chi connectivity index (χ1n) is 12.7. The van der Waals surface area contributed by atoms with E-state index in [-0.39, 0.29) is 0 Å². The zero-order valence-electron chi connectivity index (χ0n) is 22.1. The van der Waals surface area contributed by atoms with Crippen LogP contribution in [0, 0.1) is 11.8 Å². The summed E-state index contributed by atoms with van der Waals surface area (Å²) in [4.78, 5) is 0. The zero-order chi connectivity index (χ0) is 22.3. The van der Waals surface area contributed by atoms with Gasteiger partial charge in [-0.3, -0.25) is 0 Å². The standard InChI is InChI=1S/C9H20.C7H17N.C6H14.2C2H6/c1-4-6-8-9(3)7-5-2;1-4-7(2)5-6-8-3;1-3-5-6-4-2;2*1-2/h9H,4-8H2,1-3H3;7-8H,4-6H2,1-3H3;3-6H2,1-2H3;2*1-2H3. The van der Waals surface area contributed by atoms with Crippen molar-refractivity contribution in [3.63, 3.8) is 0 Å². The van der Waals surface area contributed by atoms with Gasteiger partial charge in [-0.1, -0.05) is 140 Å². The van der Waals surface area contributed by atoms with Gasteiger partial charge in [-0.25, -0.2) is 0 Å². The summed E-state index contributed by atoms with van der Waals surface area (Å²) in [5.74, 6) is 1.86. The third-order valence-corrected chi connectivity index (χ3v) is 4.37. The van der Waals surface area contributed by atoms with Gasteiger partial charge in [0.15, 0.2) is 0 Å². The molecule has 1 N–H and O–H groups in total. The molecule has 0 heterocycles. The van der Waals surface area contributed by atoms with E-state index in [0.29, 0.717) is 0 Å². The molecule has 0 aliphatic heterocycles. The second kappa shape index (κ2) is 45.0. The first-order valence-corrected chi connectivity index (χ1v) is 12.7. The van der Waals surface area contributed by atoms with Crippen LogP contribution in [0.1, 0.15) is 147 Å². The summed E-state index contributed by atoms with van der Waals surface area (Å²) in [6, 6.07) is 0. The van der Waals surface area contributed by atoms with E-state index >= 15 is 0 Å². The molecule has 0 aromatic rings. The van der Waals surface area contributed by atoms with Gasteiger partial charge in [0.05, 0.1) is 0 Å². The highest BCUT2D eigenvalue weighted by atomic mass is 14.8. The Morgan fingerprint density at radius 1 is 0.556 bits per heavy atom. The SMILES string of the molecule is CC.CC.CCC(C)CCNC.CCCCC(C)CCC.CCCCCC. The molecule has 2 unspecified atom stereocenters. The van der Waals surface area contributed by atoms with Crippen LogP contribution in [-0.4, -0.2) is 13.6 Å². The van der Waals surface area contributed by atoms with Gasteiger partial charge in [0, 0.05) is 0 Å². The van der Waals surface area contributed by atoms with E-state index in [4.69, 9.17) is 0 Å². The summed E-state index contributed by atoms with van der Waals surface area (Å²) in [5.41, 5.74) is 0. The summed E-state index contributed by atoms with van der Waals surface area (Å²) < 4.78 is 0. The first kappa shape index (κ1) is 37.7. The van der Waals surface area contributed by atoms with Gasteiger partial charge in [-0.05, 0) is 31.8 Å². The molecule has 27 heavy (non-hydrogen) atoms. The van der Waals surface area contributed by atoms with Gasteiger partial charge in [-0.15, -0.1) is 0 Å². The fraction of sp³-hybridized carbons (Fsp3) is 1.00. The molecule has 0 saturated carbocycles. The molecule has 0 amide bonds. The van der Waals surface area contributed by atoms with Crippen molar-refractivity contribution in [2.24, 2.45) is 11.8 Å². The second-order valence-corrected chi connectivity index (χ2v) is 7.15. The van der Waals surface area contributed by atoms with Crippen LogP contribution in [0.5, 0.6) is 0 Å². The predicted octanol–water partition coefficient (Wildman–Crippen LogP) is 9.89. The average molecular weight is 390 g/mol. The van der Waals surface area contributed by atoms with E-state index in [1.807, 2.05) is 34.7 Å². The molecule has 0 radical (unpaired) electrons. The molecule has 0 aliphatic rings. The molecular weight excluding hydrogens is 326 g/mol. The predicted molar refractivity (Wildman–Crippen MR) is 134 cm³/mol. The van der Waals surface area contributed by atoms with E-state index in [9.17, 15) is 0 Å². The van der Waals surface area contributed by atoms with E-state index < -0.39 is 0 Å². The van der Waals surface area contributed by atoms with Crippen LogP contribution >= 0.6 is 0 Å². The van der Waals surface area contributed by atoms with Crippen molar-refractivity contribution >= 4 is 0 Å². The second-order valence-electron chi connectivity index (χ2n) is 7.15. The fourth-order valence-corrected chi connectivity index (χ4v) is 2.28. The zero-order valence-corrected chi connectivity index (χ0v) is 22.1. The quantitative estimate of drug-likeness (QED) is 0.327. The van der Waals surface area contributed by atoms with Crippen LogP contribution in [-0.2, 0) is 0 Å². The van der Waals surface area contributed by atoms with E-state index in [1.165, 1.54) is 70.6 Å². The Balaban J connectivity index is -0.0000000829. The van der Waals surface area contributed by atoms with Crippen molar-refractivity contribution in [3.8, 4) is 0 Å². The van der Waals surface area contributed by atoms with Crippen LogP contribution in [0.25, 0.3) is 0 Å². The molecule has 172 valence electrons. The van der Waals surface area contributed by atoms with Crippen LogP contribution in [0.4, 0.5) is 0 Å². The monoisotopic (exact) mass is 389 g/mol. The summed E-state index contributed by atoms with van der Waals surface area (Å²) in [6.07, 6.45) is 15.1. The lowest BCUT2D eigenvalue weighted by molar-refractivity contribution is 0.466. The molecule has 1 heteroatoms. The van der Waals surface area contributed by atoms with Crippen molar-refractivity contribution in [1.29, 1.82) is 0 Å². The Bertz CT molecular complexity index is 164. The molecule has 1 nitrogen and oxygen atoms in total. The largest absolute Gasteiger partial charge is 0.320 e. The third kappa shape index (κ3) is 58.5. The smallest absolute Gasteiger partial charge is 0.00494 e. The van der Waals surface area contributed by atoms with Crippen LogP contribution in [0.15, 0.2) is 0 Å². The highest BCUT2D eigenvalue weighted by Gasteiger charge is 1.97. The minimum atomic E-state index is 0.891. The number of hydrogen-bond acceptors (Lipinski definition) is 1. The minimum absolute atomic E-state index is 0.891. The van der Waals surface area contributed by atoms with Crippen LogP contribution in [0.3, 0.4) is 0 Å². The average Bonchev–Trinajstić information content (AvgIpc) is 2.73. The Kier molecular flexibility index (Phi) is 62.8. The maximum absolute atomic E-state index is 3.13. The van der Waals surface area contributed by atoms with Crippen molar-refractivity contribution in [1.82, 2.24) is 5.32 Å². The Hall–Kier alpha value is -0.0400. The van der Waals surface area contributed by atoms with E-state index in [2.05, 4.69) is 53.8 Å². The summed E-state index contributed by atoms with van der Waals surface area (Å²) >= 11 is 0. The van der Waals surface area contributed by atoms with Gasteiger partial charge < -0.3 is 5.32 Å². The molecule has 2 atom stereocenters. The van der Waals surface area contributed by atoms with Crippen molar-refractivity contribution in [3.05, 3.63) is 0 Å².